The third kappa shape index (κ3) is 5.14. The van der Waals surface area contributed by atoms with Gasteiger partial charge in [-0.2, -0.15) is 0 Å². The molecule has 0 radical (unpaired) electrons. The van der Waals surface area contributed by atoms with E-state index in [0.29, 0.717) is 0 Å². The Bertz CT molecular complexity index is 198. The number of hydrogen-bond donors (Lipinski definition) is 2. The summed E-state index contributed by atoms with van der Waals surface area (Å²) in [6.07, 6.45) is 0.954. The Morgan fingerprint density at radius 3 is 2.40 bits per heavy atom. The van der Waals surface area contributed by atoms with Crippen molar-refractivity contribution in [1.82, 2.24) is 10.2 Å². The van der Waals surface area contributed by atoms with Gasteiger partial charge in [-0.1, -0.05) is 20.8 Å². The van der Waals surface area contributed by atoms with E-state index in [-0.39, 0.29) is 11.3 Å². The van der Waals surface area contributed by atoms with Crippen LogP contribution in [0.4, 0.5) is 0 Å². The number of carbonyl (C=O) groups is 1. The number of amides is 1. The van der Waals surface area contributed by atoms with Gasteiger partial charge in [-0.25, -0.2) is 0 Å². The van der Waals surface area contributed by atoms with Crippen molar-refractivity contribution in [2.24, 2.45) is 11.1 Å². The first kappa shape index (κ1) is 14.4. The summed E-state index contributed by atoms with van der Waals surface area (Å²) in [5, 5.41) is 3.05. The zero-order valence-electron chi connectivity index (χ0n) is 10.6. The fourth-order valence-electron chi connectivity index (χ4n) is 1.21. The first-order valence-electron chi connectivity index (χ1n) is 5.46. The van der Waals surface area contributed by atoms with E-state index in [4.69, 9.17) is 5.73 Å². The molecule has 0 saturated carbocycles. The van der Waals surface area contributed by atoms with Crippen LogP contribution in [0.2, 0.25) is 0 Å². The monoisotopic (exact) mass is 215 g/mol. The Morgan fingerprint density at radius 1 is 1.47 bits per heavy atom. The molecule has 15 heavy (non-hydrogen) atoms. The molecule has 0 unspecified atom stereocenters. The number of nitrogens with two attached hydrogens (primary N) is 1. The van der Waals surface area contributed by atoms with E-state index >= 15 is 0 Å². The van der Waals surface area contributed by atoms with Gasteiger partial charge in [0.2, 0.25) is 5.91 Å². The van der Waals surface area contributed by atoms with Crippen molar-refractivity contribution >= 4 is 5.91 Å². The molecule has 0 heterocycles. The maximum absolute atomic E-state index is 11.9. The summed E-state index contributed by atoms with van der Waals surface area (Å²) in [7, 11) is 3.71. The second-order valence-electron chi connectivity index (χ2n) is 5.06. The number of nitrogens with zero attached hydrogens (tertiary/aromatic N) is 1. The Balaban J connectivity index is 4.09. The third-order valence-electron chi connectivity index (χ3n) is 2.50. The largest absolute Gasteiger partial charge is 0.344 e. The summed E-state index contributed by atoms with van der Waals surface area (Å²) in [5.41, 5.74) is 5.72. The SMILES string of the molecule is CNCCCN(C)C(=O)[C@@H](N)C(C)(C)C. The summed E-state index contributed by atoms with van der Waals surface area (Å²) in [5.74, 6) is 0.0265. The third-order valence-corrected chi connectivity index (χ3v) is 2.50. The highest BCUT2D eigenvalue weighted by atomic mass is 16.2. The molecule has 0 aliphatic heterocycles. The minimum absolute atomic E-state index is 0.0265. The van der Waals surface area contributed by atoms with E-state index in [2.05, 4.69) is 5.32 Å². The predicted octanol–water partition coefficient (Wildman–Crippen LogP) is 0.428. The van der Waals surface area contributed by atoms with Crippen molar-refractivity contribution in [2.75, 3.05) is 27.2 Å². The summed E-state index contributed by atoms with van der Waals surface area (Å²) >= 11 is 0. The quantitative estimate of drug-likeness (QED) is 0.654. The van der Waals surface area contributed by atoms with Gasteiger partial charge in [-0.15, -0.1) is 0 Å². The van der Waals surface area contributed by atoms with Crippen LogP contribution in [0.15, 0.2) is 0 Å². The van der Waals surface area contributed by atoms with Gasteiger partial charge in [0, 0.05) is 13.6 Å². The molecule has 0 aromatic rings. The summed E-state index contributed by atoms with van der Waals surface area (Å²) in [4.78, 5) is 13.6. The van der Waals surface area contributed by atoms with E-state index < -0.39 is 6.04 Å². The Labute approximate surface area is 93.2 Å². The molecule has 0 aromatic heterocycles. The van der Waals surface area contributed by atoms with Crippen LogP contribution in [-0.4, -0.2) is 44.0 Å². The molecule has 1 atom stereocenters. The Hall–Kier alpha value is -0.610. The average Bonchev–Trinajstić information content (AvgIpc) is 2.14. The van der Waals surface area contributed by atoms with Gasteiger partial charge in [0.05, 0.1) is 6.04 Å². The van der Waals surface area contributed by atoms with E-state index in [1.54, 1.807) is 4.90 Å². The van der Waals surface area contributed by atoms with Crippen LogP contribution in [0.25, 0.3) is 0 Å². The number of hydrogen-bond acceptors (Lipinski definition) is 3. The lowest BCUT2D eigenvalue weighted by Gasteiger charge is -2.30. The smallest absolute Gasteiger partial charge is 0.239 e. The van der Waals surface area contributed by atoms with Gasteiger partial charge in [-0.05, 0) is 25.4 Å². The van der Waals surface area contributed by atoms with Crippen molar-refractivity contribution in [3.8, 4) is 0 Å². The molecule has 0 rings (SSSR count). The minimum Gasteiger partial charge on any atom is -0.344 e. The van der Waals surface area contributed by atoms with Crippen LogP contribution in [0.3, 0.4) is 0 Å². The standard InChI is InChI=1S/C11H25N3O/c1-11(2,3)9(12)10(15)14(5)8-6-7-13-4/h9,13H,6-8,12H2,1-5H3/t9-/m1/s1. The van der Waals surface area contributed by atoms with Gasteiger partial charge in [0.25, 0.3) is 0 Å². The van der Waals surface area contributed by atoms with E-state index in [1.807, 2.05) is 34.9 Å². The summed E-state index contributed by atoms with van der Waals surface area (Å²) < 4.78 is 0. The molecule has 1 amide bonds. The van der Waals surface area contributed by atoms with Crippen molar-refractivity contribution in [3.05, 3.63) is 0 Å². The predicted molar refractivity (Wildman–Crippen MR) is 63.6 cm³/mol. The molecule has 0 bridgehead atoms. The van der Waals surface area contributed by atoms with Crippen LogP contribution in [-0.2, 0) is 4.79 Å². The Morgan fingerprint density at radius 2 is 2.00 bits per heavy atom. The minimum atomic E-state index is -0.419. The van der Waals surface area contributed by atoms with Crippen LogP contribution in [0.1, 0.15) is 27.2 Å². The van der Waals surface area contributed by atoms with Crippen molar-refractivity contribution in [3.63, 3.8) is 0 Å². The lowest BCUT2D eigenvalue weighted by molar-refractivity contribution is -0.133. The van der Waals surface area contributed by atoms with Gasteiger partial charge in [0.15, 0.2) is 0 Å². The molecule has 0 aliphatic rings. The van der Waals surface area contributed by atoms with Crippen molar-refractivity contribution < 1.29 is 4.79 Å². The lowest BCUT2D eigenvalue weighted by atomic mass is 9.86. The zero-order valence-corrected chi connectivity index (χ0v) is 10.6. The second kappa shape index (κ2) is 6.08. The average molecular weight is 215 g/mol. The first-order chi connectivity index (χ1) is 6.80. The molecule has 4 nitrogen and oxygen atoms in total. The van der Waals surface area contributed by atoms with Gasteiger partial charge in [0.1, 0.15) is 0 Å². The number of likely N-dealkylation sites (N-methyl/N-ethyl adjacent to an activating group) is 1. The highest BCUT2D eigenvalue weighted by Gasteiger charge is 2.29. The maximum atomic E-state index is 11.9. The fraction of sp³-hybridized carbons (Fsp3) is 0.909. The highest BCUT2D eigenvalue weighted by molar-refractivity contribution is 5.82. The molecule has 90 valence electrons. The van der Waals surface area contributed by atoms with Crippen LogP contribution in [0.5, 0.6) is 0 Å². The molecule has 0 saturated heterocycles. The highest BCUT2D eigenvalue weighted by Crippen LogP contribution is 2.18. The molecule has 4 heteroatoms. The van der Waals surface area contributed by atoms with Crippen molar-refractivity contribution in [2.45, 2.75) is 33.2 Å². The molecule has 0 aliphatic carbocycles. The molecule has 0 aromatic carbocycles. The number of carbonyl (C=O) groups excluding carboxylic acids is 1. The van der Waals surface area contributed by atoms with Gasteiger partial charge < -0.3 is 16.0 Å². The van der Waals surface area contributed by atoms with E-state index in [0.717, 1.165) is 19.5 Å². The summed E-state index contributed by atoms with van der Waals surface area (Å²) in [6, 6.07) is -0.419. The van der Waals surface area contributed by atoms with Crippen molar-refractivity contribution in [1.29, 1.82) is 0 Å². The van der Waals surface area contributed by atoms with Gasteiger partial charge in [-0.3, -0.25) is 4.79 Å². The molecule has 3 N–H and O–H groups in total. The topological polar surface area (TPSA) is 58.4 Å². The molecular weight excluding hydrogens is 190 g/mol. The molecule has 0 fully saturated rings. The lowest BCUT2D eigenvalue weighted by Crippen LogP contribution is -2.49. The number of nitrogens with one attached hydrogen (secondary N) is 1. The Kier molecular flexibility index (Phi) is 5.83. The van der Waals surface area contributed by atoms with Crippen LogP contribution < -0.4 is 11.1 Å². The normalized spacial score (nSPS) is 13.7. The second-order valence-corrected chi connectivity index (χ2v) is 5.06. The number of rotatable bonds is 5. The van der Waals surface area contributed by atoms with E-state index in [1.165, 1.54) is 0 Å². The molecular formula is C11H25N3O. The van der Waals surface area contributed by atoms with Crippen LogP contribution in [0, 0.1) is 5.41 Å². The summed E-state index contributed by atoms with van der Waals surface area (Å²) in [6.45, 7) is 7.62. The maximum Gasteiger partial charge on any atom is 0.239 e. The van der Waals surface area contributed by atoms with Gasteiger partial charge >= 0.3 is 0 Å². The van der Waals surface area contributed by atoms with Crippen LogP contribution >= 0.6 is 0 Å². The van der Waals surface area contributed by atoms with E-state index in [9.17, 15) is 4.79 Å². The first-order valence-corrected chi connectivity index (χ1v) is 5.46. The molecule has 0 spiro atoms. The fourth-order valence-corrected chi connectivity index (χ4v) is 1.21. The zero-order chi connectivity index (χ0) is 12.1.